The van der Waals surface area contributed by atoms with Crippen molar-refractivity contribution >= 4 is 17.6 Å². The fourth-order valence-electron chi connectivity index (χ4n) is 2.48. The van der Waals surface area contributed by atoms with Crippen LogP contribution in [-0.4, -0.2) is 30.2 Å². The van der Waals surface area contributed by atoms with E-state index in [1.54, 1.807) is 12.1 Å². The zero-order chi connectivity index (χ0) is 13.4. The molecule has 0 saturated heterocycles. The van der Waals surface area contributed by atoms with Crippen LogP contribution in [0.5, 0.6) is 11.5 Å². The molecular formula is C13H13NO5. The summed E-state index contributed by atoms with van der Waals surface area (Å²) in [5, 5.41) is 11.7. The predicted octanol–water partition coefficient (Wildman–Crippen LogP) is 1.36. The van der Waals surface area contributed by atoms with Crippen molar-refractivity contribution in [1.82, 2.24) is 0 Å². The first-order chi connectivity index (χ1) is 9.13. The molecule has 1 atom stereocenters. The van der Waals surface area contributed by atoms with Crippen LogP contribution in [-0.2, 0) is 9.59 Å². The van der Waals surface area contributed by atoms with Crippen LogP contribution < -0.4 is 14.8 Å². The SMILES string of the molecule is O=C(O)CC1CC(=O)Nc2cc3c(cc21)OCCO3. The van der Waals surface area contributed by atoms with Crippen LogP contribution in [0.2, 0.25) is 0 Å². The van der Waals surface area contributed by atoms with Crippen molar-refractivity contribution in [3.8, 4) is 11.5 Å². The first-order valence-electron chi connectivity index (χ1n) is 6.08. The molecule has 1 unspecified atom stereocenters. The number of carboxylic acid groups (broad SMARTS) is 1. The summed E-state index contributed by atoms with van der Waals surface area (Å²) >= 11 is 0. The molecule has 2 heterocycles. The lowest BCUT2D eigenvalue weighted by Gasteiger charge is -2.27. The van der Waals surface area contributed by atoms with E-state index in [1.165, 1.54) is 0 Å². The summed E-state index contributed by atoms with van der Waals surface area (Å²) in [4.78, 5) is 22.5. The molecule has 2 N–H and O–H groups in total. The topological polar surface area (TPSA) is 84.9 Å². The highest BCUT2D eigenvalue weighted by atomic mass is 16.6. The number of hydrogen-bond acceptors (Lipinski definition) is 4. The molecule has 1 amide bonds. The monoisotopic (exact) mass is 263 g/mol. The molecule has 0 aliphatic carbocycles. The van der Waals surface area contributed by atoms with E-state index in [1.807, 2.05) is 0 Å². The van der Waals surface area contributed by atoms with Crippen molar-refractivity contribution in [2.24, 2.45) is 0 Å². The minimum Gasteiger partial charge on any atom is -0.486 e. The zero-order valence-corrected chi connectivity index (χ0v) is 10.1. The minimum absolute atomic E-state index is 0.0694. The standard InChI is InChI=1S/C13H13NO5/c15-12-3-7(4-13(16)17)8-5-10-11(6-9(8)14-12)19-2-1-18-10/h5-7H,1-4H2,(H,14,15)(H,16,17). The number of anilines is 1. The Kier molecular flexibility index (Phi) is 2.77. The number of hydrogen-bond donors (Lipinski definition) is 2. The Morgan fingerprint density at radius 2 is 2.00 bits per heavy atom. The van der Waals surface area contributed by atoms with Gasteiger partial charge in [0.25, 0.3) is 0 Å². The van der Waals surface area contributed by atoms with Gasteiger partial charge in [-0.1, -0.05) is 0 Å². The number of fused-ring (bicyclic) bond motifs is 2. The van der Waals surface area contributed by atoms with Gasteiger partial charge in [-0.3, -0.25) is 9.59 Å². The van der Waals surface area contributed by atoms with Crippen molar-refractivity contribution in [3.63, 3.8) is 0 Å². The summed E-state index contributed by atoms with van der Waals surface area (Å²) in [5.74, 6) is -0.217. The Hall–Kier alpha value is -2.24. The fraction of sp³-hybridized carbons (Fsp3) is 0.385. The van der Waals surface area contributed by atoms with Gasteiger partial charge in [0, 0.05) is 24.1 Å². The summed E-state index contributed by atoms with van der Waals surface area (Å²) in [6.45, 7) is 0.944. The van der Waals surface area contributed by atoms with Crippen LogP contribution in [0.25, 0.3) is 0 Å². The molecule has 0 aromatic heterocycles. The lowest BCUT2D eigenvalue weighted by Crippen LogP contribution is -2.25. The van der Waals surface area contributed by atoms with Gasteiger partial charge < -0.3 is 19.9 Å². The van der Waals surface area contributed by atoms with E-state index in [0.29, 0.717) is 30.4 Å². The number of nitrogens with one attached hydrogen (secondary N) is 1. The first kappa shape index (κ1) is 11.8. The third-order valence-corrected chi connectivity index (χ3v) is 3.28. The number of aliphatic carboxylic acids is 1. The van der Waals surface area contributed by atoms with Gasteiger partial charge >= 0.3 is 5.97 Å². The molecule has 0 bridgehead atoms. The lowest BCUT2D eigenvalue weighted by atomic mass is 9.87. The normalized spacial score (nSPS) is 20.4. The highest BCUT2D eigenvalue weighted by Crippen LogP contribution is 2.42. The molecule has 0 radical (unpaired) electrons. The number of carboxylic acids is 1. The summed E-state index contributed by atoms with van der Waals surface area (Å²) in [5.41, 5.74) is 1.41. The van der Waals surface area contributed by atoms with Crippen molar-refractivity contribution in [3.05, 3.63) is 17.7 Å². The highest BCUT2D eigenvalue weighted by Gasteiger charge is 2.29. The van der Waals surface area contributed by atoms with Gasteiger partial charge in [0.15, 0.2) is 11.5 Å². The van der Waals surface area contributed by atoms with Gasteiger partial charge in [-0.15, -0.1) is 0 Å². The predicted molar refractivity (Wildman–Crippen MR) is 65.7 cm³/mol. The summed E-state index contributed by atoms with van der Waals surface area (Å²) in [6, 6.07) is 3.48. The first-order valence-corrected chi connectivity index (χ1v) is 6.08. The molecule has 2 aliphatic heterocycles. The van der Waals surface area contributed by atoms with Crippen LogP contribution in [0, 0.1) is 0 Å². The summed E-state index contributed by atoms with van der Waals surface area (Å²) in [7, 11) is 0. The van der Waals surface area contributed by atoms with Crippen molar-refractivity contribution in [2.75, 3.05) is 18.5 Å². The third kappa shape index (κ3) is 2.21. The van der Waals surface area contributed by atoms with Gasteiger partial charge in [-0.25, -0.2) is 0 Å². The molecule has 100 valence electrons. The Balaban J connectivity index is 2.02. The summed E-state index contributed by atoms with van der Waals surface area (Å²) in [6.07, 6.45) is 0.110. The average Bonchev–Trinajstić information content (AvgIpc) is 2.36. The highest BCUT2D eigenvalue weighted by molar-refractivity contribution is 5.96. The maximum absolute atomic E-state index is 11.6. The van der Waals surface area contributed by atoms with Gasteiger partial charge in [0.1, 0.15) is 13.2 Å². The molecule has 1 aromatic carbocycles. The van der Waals surface area contributed by atoms with Crippen molar-refractivity contribution < 1.29 is 24.2 Å². The van der Waals surface area contributed by atoms with Crippen LogP contribution in [0.3, 0.4) is 0 Å². The van der Waals surface area contributed by atoms with E-state index >= 15 is 0 Å². The van der Waals surface area contributed by atoms with E-state index in [9.17, 15) is 9.59 Å². The number of carbonyl (C=O) groups excluding carboxylic acids is 1. The number of benzene rings is 1. The Labute approximate surface area is 109 Å². The fourth-order valence-corrected chi connectivity index (χ4v) is 2.48. The van der Waals surface area contributed by atoms with Gasteiger partial charge in [0.05, 0.1) is 6.42 Å². The number of ether oxygens (including phenoxy) is 2. The third-order valence-electron chi connectivity index (χ3n) is 3.28. The second-order valence-corrected chi connectivity index (χ2v) is 4.63. The van der Waals surface area contributed by atoms with Gasteiger partial charge in [0.2, 0.25) is 5.91 Å². The van der Waals surface area contributed by atoms with Crippen molar-refractivity contribution in [2.45, 2.75) is 18.8 Å². The molecule has 1 aromatic rings. The van der Waals surface area contributed by atoms with Crippen LogP contribution in [0.15, 0.2) is 12.1 Å². The molecule has 0 spiro atoms. The summed E-state index contributed by atoms with van der Waals surface area (Å²) < 4.78 is 10.9. The van der Waals surface area contributed by atoms with Crippen LogP contribution >= 0.6 is 0 Å². The molecule has 3 rings (SSSR count). The Morgan fingerprint density at radius 3 is 2.68 bits per heavy atom. The molecule has 6 heteroatoms. The molecule has 2 aliphatic rings. The van der Waals surface area contributed by atoms with E-state index in [0.717, 1.165) is 5.56 Å². The van der Waals surface area contributed by atoms with Gasteiger partial charge in [-0.2, -0.15) is 0 Å². The van der Waals surface area contributed by atoms with Crippen molar-refractivity contribution in [1.29, 1.82) is 0 Å². The van der Waals surface area contributed by atoms with Gasteiger partial charge in [-0.05, 0) is 11.6 Å². The van der Waals surface area contributed by atoms with E-state index in [4.69, 9.17) is 14.6 Å². The minimum atomic E-state index is -0.916. The molecule has 0 saturated carbocycles. The zero-order valence-electron chi connectivity index (χ0n) is 10.1. The maximum Gasteiger partial charge on any atom is 0.303 e. The molecule has 0 fully saturated rings. The second-order valence-electron chi connectivity index (χ2n) is 4.63. The second kappa shape index (κ2) is 4.46. The van der Waals surface area contributed by atoms with E-state index in [2.05, 4.69) is 5.32 Å². The van der Waals surface area contributed by atoms with E-state index in [-0.39, 0.29) is 24.7 Å². The quantitative estimate of drug-likeness (QED) is 0.841. The Morgan fingerprint density at radius 1 is 1.32 bits per heavy atom. The number of amides is 1. The van der Waals surface area contributed by atoms with Crippen LogP contribution in [0.4, 0.5) is 5.69 Å². The number of rotatable bonds is 2. The largest absolute Gasteiger partial charge is 0.486 e. The molecular weight excluding hydrogens is 250 g/mol. The number of carbonyl (C=O) groups is 2. The smallest absolute Gasteiger partial charge is 0.303 e. The lowest BCUT2D eigenvalue weighted by molar-refractivity contribution is -0.137. The average molecular weight is 263 g/mol. The molecule has 6 nitrogen and oxygen atoms in total. The maximum atomic E-state index is 11.6. The van der Waals surface area contributed by atoms with Crippen LogP contribution in [0.1, 0.15) is 24.3 Å². The van der Waals surface area contributed by atoms with E-state index < -0.39 is 5.97 Å². The Bertz CT molecular complexity index is 554. The molecule has 19 heavy (non-hydrogen) atoms.